The number of alkyl halides is 1. The van der Waals surface area contributed by atoms with Crippen molar-refractivity contribution in [2.45, 2.75) is 5.88 Å². The number of hydrogen-bond donors (Lipinski definition) is 2. The molecule has 22 heavy (non-hydrogen) atoms. The Morgan fingerprint density at radius 2 is 2.23 bits per heavy atom. The summed E-state index contributed by atoms with van der Waals surface area (Å²) in [5, 5.41) is 3.08. The molecule has 0 aliphatic heterocycles. The number of ether oxygens (including phenoxy) is 1. The van der Waals surface area contributed by atoms with Gasteiger partial charge >= 0.3 is 5.97 Å². The molecule has 0 aliphatic carbocycles. The summed E-state index contributed by atoms with van der Waals surface area (Å²) in [6.07, 6.45) is 1.68. The number of halogens is 1. The van der Waals surface area contributed by atoms with Crippen LogP contribution in [0.15, 0.2) is 36.5 Å². The van der Waals surface area contributed by atoms with Gasteiger partial charge in [-0.3, -0.25) is 0 Å². The summed E-state index contributed by atoms with van der Waals surface area (Å²) in [4.78, 5) is 23.2. The number of aromatic amines is 1. The number of rotatable bonds is 4. The first-order valence-corrected chi connectivity index (χ1v) is 7.09. The van der Waals surface area contributed by atoms with Crippen molar-refractivity contribution in [2.24, 2.45) is 0 Å². The SMILES string of the molecule is COC(=O)c1ccc2nc(Nc3cc(CCl)ccn3)[nH]c2c1. The van der Waals surface area contributed by atoms with Gasteiger partial charge < -0.3 is 15.0 Å². The number of H-pyrrole nitrogens is 1. The van der Waals surface area contributed by atoms with Gasteiger partial charge in [-0.25, -0.2) is 14.8 Å². The summed E-state index contributed by atoms with van der Waals surface area (Å²) < 4.78 is 4.70. The number of carbonyl (C=O) groups is 1. The Balaban J connectivity index is 1.89. The minimum absolute atomic E-state index is 0.387. The molecule has 3 rings (SSSR count). The Labute approximate surface area is 131 Å². The molecule has 0 unspecified atom stereocenters. The standard InChI is InChI=1S/C15H13ClN4O2/c1-22-14(21)10-2-3-11-12(7-10)19-15(18-11)20-13-6-9(8-16)4-5-17-13/h2-7H,8H2,1H3,(H2,17,18,19,20). The molecule has 0 saturated heterocycles. The third-order valence-electron chi connectivity index (χ3n) is 3.13. The van der Waals surface area contributed by atoms with E-state index in [9.17, 15) is 4.79 Å². The van der Waals surface area contributed by atoms with Crippen LogP contribution in [0.5, 0.6) is 0 Å². The third-order valence-corrected chi connectivity index (χ3v) is 3.44. The Morgan fingerprint density at radius 1 is 1.36 bits per heavy atom. The molecule has 2 heterocycles. The van der Waals surface area contributed by atoms with E-state index in [0.717, 1.165) is 16.6 Å². The number of esters is 1. The summed E-state index contributed by atoms with van der Waals surface area (Å²) in [5.41, 5.74) is 2.90. The molecular formula is C15H13ClN4O2. The normalized spacial score (nSPS) is 10.6. The van der Waals surface area contributed by atoms with Gasteiger partial charge in [0.15, 0.2) is 0 Å². The van der Waals surface area contributed by atoms with E-state index in [2.05, 4.69) is 20.3 Å². The van der Waals surface area contributed by atoms with E-state index in [4.69, 9.17) is 16.3 Å². The van der Waals surface area contributed by atoms with E-state index in [1.807, 2.05) is 12.1 Å². The molecule has 7 heteroatoms. The number of nitrogens with one attached hydrogen (secondary N) is 2. The van der Waals surface area contributed by atoms with Crippen molar-refractivity contribution >= 4 is 40.4 Å². The van der Waals surface area contributed by atoms with Crippen LogP contribution in [-0.4, -0.2) is 28.0 Å². The van der Waals surface area contributed by atoms with Crippen LogP contribution in [-0.2, 0) is 10.6 Å². The molecule has 0 amide bonds. The fourth-order valence-electron chi connectivity index (χ4n) is 2.06. The van der Waals surface area contributed by atoms with Gasteiger partial charge in [-0.2, -0.15) is 0 Å². The molecule has 112 valence electrons. The predicted molar refractivity (Wildman–Crippen MR) is 84.5 cm³/mol. The molecule has 2 N–H and O–H groups in total. The molecule has 1 aromatic carbocycles. The summed E-state index contributed by atoms with van der Waals surface area (Å²) in [6, 6.07) is 8.82. The van der Waals surface area contributed by atoms with E-state index in [-0.39, 0.29) is 5.97 Å². The van der Waals surface area contributed by atoms with Gasteiger partial charge in [0.1, 0.15) is 5.82 Å². The monoisotopic (exact) mass is 316 g/mol. The molecule has 6 nitrogen and oxygen atoms in total. The molecule has 0 atom stereocenters. The van der Waals surface area contributed by atoms with Gasteiger partial charge in [0, 0.05) is 12.1 Å². The zero-order valence-corrected chi connectivity index (χ0v) is 12.5. The first kappa shape index (κ1) is 14.3. The van der Waals surface area contributed by atoms with Crippen LogP contribution in [0.3, 0.4) is 0 Å². The first-order chi connectivity index (χ1) is 10.7. The van der Waals surface area contributed by atoms with Gasteiger partial charge in [-0.15, -0.1) is 11.6 Å². The van der Waals surface area contributed by atoms with E-state index in [1.54, 1.807) is 24.4 Å². The number of carbonyl (C=O) groups excluding carboxylic acids is 1. The minimum atomic E-state index is -0.387. The Bertz CT molecular complexity index is 831. The summed E-state index contributed by atoms with van der Waals surface area (Å²) in [6.45, 7) is 0. The largest absolute Gasteiger partial charge is 0.465 e. The molecule has 0 saturated carbocycles. The maximum Gasteiger partial charge on any atom is 0.337 e. The van der Waals surface area contributed by atoms with Gasteiger partial charge in [-0.05, 0) is 35.9 Å². The number of nitrogens with zero attached hydrogens (tertiary/aromatic N) is 2. The smallest absolute Gasteiger partial charge is 0.337 e. The van der Waals surface area contributed by atoms with Crippen molar-refractivity contribution in [1.29, 1.82) is 0 Å². The highest BCUT2D eigenvalue weighted by Crippen LogP contribution is 2.19. The van der Waals surface area contributed by atoms with Crippen molar-refractivity contribution in [3.8, 4) is 0 Å². The van der Waals surface area contributed by atoms with Gasteiger partial charge in [0.25, 0.3) is 0 Å². The number of aromatic nitrogens is 3. The van der Waals surface area contributed by atoms with Crippen LogP contribution in [0.1, 0.15) is 15.9 Å². The highest BCUT2D eigenvalue weighted by atomic mass is 35.5. The molecule has 3 aromatic rings. The topological polar surface area (TPSA) is 79.9 Å². The van der Waals surface area contributed by atoms with Crippen LogP contribution >= 0.6 is 11.6 Å². The number of benzene rings is 1. The zero-order chi connectivity index (χ0) is 15.5. The lowest BCUT2D eigenvalue weighted by Crippen LogP contribution is -2.00. The number of imidazole rings is 1. The van der Waals surface area contributed by atoms with E-state index >= 15 is 0 Å². The second-order valence-electron chi connectivity index (χ2n) is 4.62. The molecule has 0 aliphatic rings. The second kappa shape index (κ2) is 6.03. The average molecular weight is 317 g/mol. The lowest BCUT2D eigenvalue weighted by Gasteiger charge is -2.02. The number of fused-ring (bicyclic) bond motifs is 1. The van der Waals surface area contributed by atoms with Crippen LogP contribution in [0, 0.1) is 0 Å². The predicted octanol–water partition coefficient (Wildman–Crippen LogP) is 3.23. The van der Waals surface area contributed by atoms with Crippen molar-refractivity contribution in [1.82, 2.24) is 15.0 Å². The molecule has 2 aromatic heterocycles. The lowest BCUT2D eigenvalue weighted by molar-refractivity contribution is 0.0601. The van der Waals surface area contributed by atoms with Gasteiger partial charge in [-0.1, -0.05) is 0 Å². The first-order valence-electron chi connectivity index (χ1n) is 6.55. The number of methoxy groups -OCH3 is 1. The quantitative estimate of drug-likeness (QED) is 0.570. The van der Waals surface area contributed by atoms with Gasteiger partial charge in [0.05, 0.1) is 23.7 Å². The molecule has 0 fully saturated rings. The molecule has 0 radical (unpaired) electrons. The number of anilines is 2. The zero-order valence-electron chi connectivity index (χ0n) is 11.8. The maximum absolute atomic E-state index is 11.5. The fourth-order valence-corrected chi connectivity index (χ4v) is 2.23. The van der Waals surface area contributed by atoms with Crippen LogP contribution in [0.4, 0.5) is 11.8 Å². The minimum Gasteiger partial charge on any atom is -0.465 e. The van der Waals surface area contributed by atoms with Crippen molar-refractivity contribution in [2.75, 3.05) is 12.4 Å². The highest BCUT2D eigenvalue weighted by molar-refractivity contribution is 6.17. The lowest BCUT2D eigenvalue weighted by atomic mass is 10.2. The van der Waals surface area contributed by atoms with Gasteiger partial charge in [0.2, 0.25) is 5.95 Å². The van der Waals surface area contributed by atoms with E-state index in [1.165, 1.54) is 7.11 Å². The van der Waals surface area contributed by atoms with Crippen molar-refractivity contribution in [3.05, 3.63) is 47.7 Å². The summed E-state index contributed by atoms with van der Waals surface area (Å²) in [7, 11) is 1.35. The summed E-state index contributed by atoms with van der Waals surface area (Å²) in [5.74, 6) is 1.21. The maximum atomic E-state index is 11.5. The Kier molecular flexibility index (Phi) is 3.93. The molecule has 0 spiro atoms. The Morgan fingerprint density at radius 3 is 3.00 bits per heavy atom. The van der Waals surface area contributed by atoms with Crippen LogP contribution in [0.25, 0.3) is 11.0 Å². The highest BCUT2D eigenvalue weighted by Gasteiger charge is 2.09. The van der Waals surface area contributed by atoms with Crippen LogP contribution < -0.4 is 5.32 Å². The van der Waals surface area contributed by atoms with E-state index in [0.29, 0.717) is 23.2 Å². The van der Waals surface area contributed by atoms with Crippen molar-refractivity contribution < 1.29 is 9.53 Å². The second-order valence-corrected chi connectivity index (χ2v) is 4.88. The van der Waals surface area contributed by atoms with E-state index < -0.39 is 0 Å². The Hall–Kier alpha value is -2.60. The number of hydrogen-bond acceptors (Lipinski definition) is 5. The van der Waals surface area contributed by atoms with Crippen LogP contribution in [0.2, 0.25) is 0 Å². The molecule has 0 bridgehead atoms. The summed E-state index contributed by atoms with van der Waals surface area (Å²) >= 11 is 5.80. The van der Waals surface area contributed by atoms with Crippen molar-refractivity contribution in [3.63, 3.8) is 0 Å². The third kappa shape index (κ3) is 2.87. The fraction of sp³-hybridized carbons (Fsp3) is 0.133. The number of pyridine rings is 1. The molecular weight excluding hydrogens is 304 g/mol. The average Bonchev–Trinajstić information content (AvgIpc) is 2.95.